The fourth-order valence-electron chi connectivity index (χ4n) is 1.42. The van der Waals surface area contributed by atoms with Gasteiger partial charge in [0.25, 0.3) is 0 Å². The van der Waals surface area contributed by atoms with E-state index < -0.39 is 12.0 Å². The largest absolute Gasteiger partial charge is 0.481 e. The van der Waals surface area contributed by atoms with E-state index in [0.29, 0.717) is 0 Å². The maximum atomic E-state index is 10.4. The quantitative estimate of drug-likeness (QED) is 0.655. The topological polar surface area (TPSA) is 79.1 Å². The zero-order valence-electron chi connectivity index (χ0n) is 7.79. The van der Waals surface area contributed by atoms with Crippen LogP contribution in [-0.4, -0.2) is 16.1 Å². The van der Waals surface area contributed by atoms with Crippen LogP contribution in [-0.2, 0) is 4.79 Å². The van der Waals surface area contributed by atoms with Crippen LogP contribution in [0.5, 0.6) is 0 Å². The third-order valence-corrected chi connectivity index (χ3v) is 1.96. The molecule has 0 aliphatic heterocycles. The molecule has 0 aliphatic rings. The van der Waals surface area contributed by atoms with Crippen molar-refractivity contribution in [2.24, 2.45) is 5.73 Å². The second-order valence-electron chi connectivity index (χ2n) is 3.25. The van der Waals surface area contributed by atoms with Gasteiger partial charge in [-0.1, -0.05) is 0 Å². The minimum absolute atomic E-state index is 0.0409. The number of rotatable bonds is 3. The van der Waals surface area contributed by atoms with Crippen molar-refractivity contribution >= 4 is 5.97 Å². The van der Waals surface area contributed by atoms with Crippen molar-refractivity contribution in [3.63, 3.8) is 0 Å². The number of aliphatic carboxylic acids is 1. The fraction of sp³-hybridized carbons (Fsp3) is 0.444. The summed E-state index contributed by atoms with van der Waals surface area (Å²) in [6.45, 7) is 3.84. The van der Waals surface area contributed by atoms with Crippen molar-refractivity contribution < 1.29 is 9.90 Å². The van der Waals surface area contributed by atoms with E-state index in [1.54, 1.807) is 0 Å². The second-order valence-corrected chi connectivity index (χ2v) is 3.25. The Bertz CT molecular complexity index is 317. The summed E-state index contributed by atoms with van der Waals surface area (Å²) in [6.07, 6.45) is -0.0409. The van der Waals surface area contributed by atoms with Gasteiger partial charge < -0.3 is 15.8 Å². The molecule has 0 saturated carbocycles. The lowest BCUT2D eigenvalue weighted by atomic mass is 10.1. The number of carboxylic acids is 1. The summed E-state index contributed by atoms with van der Waals surface area (Å²) in [5.74, 6) is -0.876. The first-order chi connectivity index (χ1) is 6.00. The molecule has 13 heavy (non-hydrogen) atoms. The van der Waals surface area contributed by atoms with Gasteiger partial charge in [0.15, 0.2) is 0 Å². The van der Waals surface area contributed by atoms with Crippen molar-refractivity contribution in [3.05, 3.63) is 23.0 Å². The van der Waals surface area contributed by atoms with Crippen LogP contribution in [0, 0.1) is 13.8 Å². The summed E-state index contributed by atoms with van der Waals surface area (Å²) >= 11 is 0. The molecule has 0 amide bonds. The predicted molar refractivity (Wildman–Crippen MR) is 49.4 cm³/mol. The molecule has 1 unspecified atom stereocenters. The molecular formula is C9H14N2O2. The Balaban J connectivity index is 2.81. The molecule has 0 aromatic carbocycles. The number of nitrogens with one attached hydrogen (secondary N) is 1. The van der Waals surface area contributed by atoms with Gasteiger partial charge in [-0.15, -0.1) is 0 Å². The van der Waals surface area contributed by atoms with Crippen LogP contribution in [0.4, 0.5) is 0 Å². The number of H-pyrrole nitrogens is 1. The number of hydrogen-bond acceptors (Lipinski definition) is 2. The van der Waals surface area contributed by atoms with E-state index in [4.69, 9.17) is 10.8 Å². The first kappa shape index (κ1) is 9.80. The number of aromatic amines is 1. The predicted octanol–water partition coefficient (Wildman–Crippen LogP) is 1.11. The normalized spacial score (nSPS) is 12.8. The molecule has 1 heterocycles. The van der Waals surface area contributed by atoms with Gasteiger partial charge in [0.2, 0.25) is 0 Å². The Kier molecular flexibility index (Phi) is 2.72. The first-order valence-corrected chi connectivity index (χ1v) is 4.14. The Hall–Kier alpha value is -1.29. The summed E-state index contributed by atoms with van der Waals surface area (Å²) in [5, 5.41) is 8.55. The molecule has 0 bridgehead atoms. The summed E-state index contributed by atoms with van der Waals surface area (Å²) in [4.78, 5) is 13.5. The van der Waals surface area contributed by atoms with Crippen LogP contribution in [0.1, 0.15) is 29.4 Å². The van der Waals surface area contributed by atoms with E-state index in [9.17, 15) is 4.79 Å². The monoisotopic (exact) mass is 182 g/mol. The molecule has 0 saturated heterocycles. The van der Waals surface area contributed by atoms with E-state index in [1.807, 2.05) is 19.9 Å². The molecule has 0 fully saturated rings. The van der Waals surface area contributed by atoms with Crippen LogP contribution in [0.25, 0.3) is 0 Å². The zero-order chi connectivity index (χ0) is 10.0. The third-order valence-electron chi connectivity index (χ3n) is 1.96. The van der Waals surface area contributed by atoms with Crippen LogP contribution in [0.3, 0.4) is 0 Å². The third kappa shape index (κ3) is 2.32. The Morgan fingerprint density at radius 3 is 2.69 bits per heavy atom. The van der Waals surface area contributed by atoms with Crippen LogP contribution < -0.4 is 5.73 Å². The van der Waals surface area contributed by atoms with Crippen LogP contribution in [0.15, 0.2) is 6.07 Å². The smallest absolute Gasteiger partial charge is 0.305 e. The van der Waals surface area contributed by atoms with Gasteiger partial charge in [-0.3, -0.25) is 4.79 Å². The Labute approximate surface area is 76.8 Å². The first-order valence-electron chi connectivity index (χ1n) is 4.14. The van der Waals surface area contributed by atoms with Gasteiger partial charge in [0, 0.05) is 11.4 Å². The molecule has 4 nitrogen and oxygen atoms in total. The van der Waals surface area contributed by atoms with Crippen molar-refractivity contribution in [1.29, 1.82) is 0 Å². The number of aromatic nitrogens is 1. The lowest BCUT2D eigenvalue weighted by Gasteiger charge is -2.07. The maximum absolute atomic E-state index is 10.4. The number of carboxylic acid groups (broad SMARTS) is 1. The number of hydrogen-bond donors (Lipinski definition) is 3. The molecular weight excluding hydrogens is 168 g/mol. The van der Waals surface area contributed by atoms with Gasteiger partial charge in [-0.25, -0.2) is 0 Å². The van der Waals surface area contributed by atoms with Gasteiger partial charge in [-0.05, 0) is 25.5 Å². The van der Waals surface area contributed by atoms with Crippen molar-refractivity contribution in [3.8, 4) is 0 Å². The molecule has 0 aliphatic carbocycles. The van der Waals surface area contributed by atoms with E-state index >= 15 is 0 Å². The second kappa shape index (κ2) is 3.62. The molecule has 1 atom stereocenters. The van der Waals surface area contributed by atoms with Gasteiger partial charge in [0.05, 0.1) is 12.5 Å². The molecule has 1 aromatic heterocycles. The van der Waals surface area contributed by atoms with Crippen molar-refractivity contribution in [1.82, 2.24) is 4.98 Å². The summed E-state index contributed by atoms with van der Waals surface area (Å²) in [7, 11) is 0. The van der Waals surface area contributed by atoms with Crippen LogP contribution in [0.2, 0.25) is 0 Å². The highest BCUT2D eigenvalue weighted by atomic mass is 16.4. The van der Waals surface area contributed by atoms with Crippen LogP contribution >= 0.6 is 0 Å². The number of nitrogens with two attached hydrogens (primary N) is 1. The maximum Gasteiger partial charge on any atom is 0.305 e. The number of aryl methyl sites for hydroxylation is 2. The highest BCUT2D eigenvalue weighted by Gasteiger charge is 2.14. The van der Waals surface area contributed by atoms with E-state index in [0.717, 1.165) is 17.0 Å². The molecule has 4 N–H and O–H groups in total. The summed E-state index contributed by atoms with van der Waals surface area (Å²) in [6, 6.07) is 1.52. The van der Waals surface area contributed by atoms with Gasteiger partial charge >= 0.3 is 5.97 Å². The molecule has 4 heteroatoms. The minimum Gasteiger partial charge on any atom is -0.481 e. The summed E-state index contributed by atoms with van der Waals surface area (Å²) < 4.78 is 0. The summed E-state index contributed by atoms with van der Waals surface area (Å²) in [5.41, 5.74) is 8.54. The molecule has 72 valence electrons. The van der Waals surface area contributed by atoms with Gasteiger partial charge in [0.1, 0.15) is 0 Å². The molecule has 1 rings (SSSR count). The highest BCUT2D eigenvalue weighted by molar-refractivity contribution is 5.67. The number of carbonyl (C=O) groups is 1. The highest BCUT2D eigenvalue weighted by Crippen LogP contribution is 2.18. The molecule has 1 aromatic rings. The van der Waals surface area contributed by atoms with E-state index in [2.05, 4.69) is 4.98 Å². The van der Waals surface area contributed by atoms with Crippen molar-refractivity contribution in [2.75, 3.05) is 0 Å². The standard InChI is InChI=1S/C9H14N2O2/c1-5-3-6(2)11-9(5)7(10)4-8(12)13/h3,7,11H,4,10H2,1-2H3,(H,12,13). The average molecular weight is 182 g/mol. The fourth-order valence-corrected chi connectivity index (χ4v) is 1.42. The Morgan fingerprint density at radius 2 is 2.31 bits per heavy atom. The molecule has 0 spiro atoms. The van der Waals surface area contributed by atoms with E-state index in [-0.39, 0.29) is 6.42 Å². The van der Waals surface area contributed by atoms with Crippen molar-refractivity contribution in [2.45, 2.75) is 26.3 Å². The lowest BCUT2D eigenvalue weighted by Crippen LogP contribution is -2.16. The lowest BCUT2D eigenvalue weighted by molar-refractivity contribution is -0.137. The van der Waals surface area contributed by atoms with Gasteiger partial charge in [-0.2, -0.15) is 0 Å². The zero-order valence-corrected chi connectivity index (χ0v) is 7.79. The average Bonchev–Trinajstić information content (AvgIpc) is 2.28. The SMILES string of the molecule is Cc1cc(C)c(C(N)CC(=O)O)[nH]1. The Morgan fingerprint density at radius 1 is 1.69 bits per heavy atom. The minimum atomic E-state index is -0.876. The molecule has 0 radical (unpaired) electrons. The van der Waals surface area contributed by atoms with E-state index in [1.165, 1.54) is 0 Å².